The van der Waals surface area contributed by atoms with Crippen LogP contribution in [0, 0.1) is 12.7 Å². The van der Waals surface area contributed by atoms with E-state index in [1.165, 1.54) is 6.07 Å². The molecule has 0 fully saturated rings. The third-order valence-electron chi connectivity index (χ3n) is 5.57. The zero-order chi connectivity index (χ0) is 21.6. The van der Waals surface area contributed by atoms with Crippen molar-refractivity contribution in [1.82, 2.24) is 19.8 Å². The predicted octanol–water partition coefficient (Wildman–Crippen LogP) is 3.47. The zero-order valence-electron chi connectivity index (χ0n) is 17.6. The third-order valence-corrected chi connectivity index (χ3v) is 5.57. The maximum atomic E-state index is 14.4. The highest BCUT2D eigenvalue weighted by Crippen LogP contribution is 2.31. The Bertz CT molecular complexity index is 1040. The topological polar surface area (TPSA) is 59.4 Å². The van der Waals surface area contributed by atoms with Gasteiger partial charge in [-0.1, -0.05) is 36.4 Å². The Labute approximate surface area is 181 Å². The second kappa shape index (κ2) is 9.75. The number of hydrogen-bond donors (Lipinski definition) is 1. The summed E-state index contributed by atoms with van der Waals surface area (Å²) < 4.78 is 22.6. The Morgan fingerprint density at radius 3 is 2.81 bits per heavy atom. The summed E-state index contributed by atoms with van der Waals surface area (Å²) in [6.45, 7) is 4.93. The first-order valence-corrected chi connectivity index (χ1v) is 10.6. The van der Waals surface area contributed by atoms with E-state index in [9.17, 15) is 9.18 Å². The molecule has 2 aromatic carbocycles. The maximum absolute atomic E-state index is 14.4. The van der Waals surface area contributed by atoms with Gasteiger partial charge in [0, 0.05) is 62.7 Å². The number of nitrogens with one attached hydrogen (secondary N) is 1. The second-order valence-electron chi connectivity index (χ2n) is 7.74. The van der Waals surface area contributed by atoms with Crippen molar-refractivity contribution in [2.75, 3.05) is 19.6 Å². The van der Waals surface area contributed by atoms with Gasteiger partial charge in [-0.15, -0.1) is 0 Å². The summed E-state index contributed by atoms with van der Waals surface area (Å²) in [6, 6.07) is 14.6. The minimum atomic E-state index is -0.412. The summed E-state index contributed by atoms with van der Waals surface area (Å²) in [5, 5.41) is 2.99. The minimum Gasteiger partial charge on any atom is -0.484 e. The highest BCUT2D eigenvalue weighted by atomic mass is 19.1. The van der Waals surface area contributed by atoms with E-state index in [4.69, 9.17) is 4.74 Å². The molecule has 0 saturated heterocycles. The zero-order valence-corrected chi connectivity index (χ0v) is 17.6. The first-order chi connectivity index (χ1) is 15.1. The highest BCUT2D eigenvalue weighted by molar-refractivity contribution is 5.75. The third kappa shape index (κ3) is 5.30. The van der Waals surface area contributed by atoms with E-state index in [-0.39, 0.29) is 11.7 Å². The molecule has 0 radical (unpaired) electrons. The predicted molar refractivity (Wildman–Crippen MR) is 116 cm³/mol. The van der Waals surface area contributed by atoms with Gasteiger partial charge in [-0.2, -0.15) is 0 Å². The number of halogens is 1. The second-order valence-corrected chi connectivity index (χ2v) is 7.74. The van der Waals surface area contributed by atoms with Crippen LogP contribution in [0.15, 0.2) is 60.9 Å². The van der Waals surface area contributed by atoms with Crippen molar-refractivity contribution < 1.29 is 13.9 Å². The summed E-state index contributed by atoms with van der Waals surface area (Å²) in [4.78, 5) is 18.6. The van der Waals surface area contributed by atoms with Crippen molar-refractivity contribution in [1.29, 1.82) is 0 Å². The Morgan fingerprint density at radius 1 is 1.19 bits per heavy atom. The van der Waals surface area contributed by atoms with Crippen LogP contribution in [-0.2, 0) is 17.9 Å². The van der Waals surface area contributed by atoms with Crippen LogP contribution in [0.4, 0.5) is 4.39 Å². The molecule has 7 heteroatoms. The molecule has 1 aliphatic heterocycles. The number of rotatable bonds is 7. The molecule has 2 heterocycles. The summed E-state index contributed by atoms with van der Waals surface area (Å²) >= 11 is 0. The number of carbonyl (C=O) groups excluding carboxylic acids is 1. The quantitative estimate of drug-likeness (QED) is 0.633. The number of ether oxygens (including phenoxy) is 1. The smallest absolute Gasteiger partial charge is 0.221 e. The number of fused-ring (bicyclic) bond motifs is 1. The number of aromatic nitrogens is 2. The molecule has 0 bridgehead atoms. The molecule has 0 saturated carbocycles. The molecular weight excluding hydrogens is 395 g/mol. The van der Waals surface area contributed by atoms with Gasteiger partial charge < -0.3 is 14.6 Å². The van der Waals surface area contributed by atoms with E-state index in [2.05, 4.69) is 15.2 Å². The average Bonchev–Trinajstić information content (AvgIpc) is 3.08. The van der Waals surface area contributed by atoms with E-state index in [1.54, 1.807) is 18.3 Å². The van der Waals surface area contributed by atoms with E-state index in [0.717, 1.165) is 17.1 Å². The lowest BCUT2D eigenvalue weighted by Gasteiger charge is -2.24. The number of hydrogen-bond acceptors (Lipinski definition) is 4. The number of carbonyl (C=O) groups is 1. The Morgan fingerprint density at radius 2 is 2.00 bits per heavy atom. The van der Waals surface area contributed by atoms with Crippen molar-refractivity contribution in [2.45, 2.75) is 32.5 Å². The van der Waals surface area contributed by atoms with Gasteiger partial charge in [-0.3, -0.25) is 9.69 Å². The van der Waals surface area contributed by atoms with Crippen molar-refractivity contribution in [2.24, 2.45) is 0 Å². The fourth-order valence-corrected chi connectivity index (χ4v) is 3.85. The molecule has 1 atom stereocenters. The number of imidazole rings is 1. The van der Waals surface area contributed by atoms with E-state index in [0.29, 0.717) is 44.7 Å². The average molecular weight is 423 g/mol. The van der Waals surface area contributed by atoms with Crippen molar-refractivity contribution in [3.8, 4) is 5.75 Å². The molecule has 0 unspecified atom stereocenters. The molecule has 6 nitrogen and oxygen atoms in total. The number of aryl methyl sites for hydroxylation is 2. The lowest BCUT2D eigenvalue weighted by Crippen LogP contribution is -2.36. The summed E-state index contributed by atoms with van der Waals surface area (Å²) in [5.74, 6) is 1.41. The molecule has 31 heavy (non-hydrogen) atoms. The first-order valence-electron chi connectivity index (χ1n) is 10.6. The lowest BCUT2D eigenvalue weighted by molar-refractivity contribution is -0.121. The van der Waals surface area contributed by atoms with Gasteiger partial charge >= 0.3 is 0 Å². The van der Waals surface area contributed by atoms with Gasteiger partial charge in [-0.25, -0.2) is 9.37 Å². The SMILES string of the molecule is Cc1nccn1CCC(=O)NCCN1Cc2ccccc2O[C@@H](c2ccccc2F)C1. The molecule has 162 valence electrons. The lowest BCUT2D eigenvalue weighted by atomic mass is 10.1. The fourth-order valence-electron chi connectivity index (χ4n) is 3.85. The Balaban J connectivity index is 1.37. The monoisotopic (exact) mass is 422 g/mol. The van der Waals surface area contributed by atoms with Crippen molar-refractivity contribution >= 4 is 5.91 Å². The molecular formula is C24H27FN4O2. The standard InChI is InChI=1S/C24H27FN4O2/c1-18-26-12-15-29(18)13-10-24(30)27-11-14-28-16-19-6-2-5-9-22(19)31-23(17-28)20-7-3-4-8-21(20)25/h2-9,12,15,23H,10-11,13-14,16-17H2,1H3,(H,27,30)/t23-/m1/s1. The molecule has 1 aliphatic rings. The van der Waals surface area contributed by atoms with Crippen LogP contribution in [-0.4, -0.2) is 40.0 Å². The Kier molecular flexibility index (Phi) is 6.62. The molecule has 0 spiro atoms. The minimum absolute atomic E-state index is 0.00484. The molecule has 0 aliphatic carbocycles. The van der Waals surface area contributed by atoms with Crippen LogP contribution in [0.25, 0.3) is 0 Å². The van der Waals surface area contributed by atoms with Gasteiger partial charge in [0.15, 0.2) is 0 Å². The molecule has 1 N–H and O–H groups in total. The highest BCUT2D eigenvalue weighted by Gasteiger charge is 2.26. The van der Waals surface area contributed by atoms with E-state index < -0.39 is 6.10 Å². The molecule has 1 aromatic heterocycles. The van der Waals surface area contributed by atoms with Crippen LogP contribution in [0.1, 0.15) is 29.5 Å². The van der Waals surface area contributed by atoms with Gasteiger partial charge in [0.1, 0.15) is 23.5 Å². The van der Waals surface area contributed by atoms with Gasteiger partial charge in [-0.05, 0) is 19.1 Å². The number of para-hydroxylation sites is 1. The van der Waals surface area contributed by atoms with Gasteiger partial charge in [0.05, 0.1) is 0 Å². The van der Waals surface area contributed by atoms with Crippen LogP contribution in [0.5, 0.6) is 5.75 Å². The van der Waals surface area contributed by atoms with Crippen molar-refractivity contribution in [3.05, 3.63) is 83.7 Å². The van der Waals surface area contributed by atoms with Crippen LogP contribution < -0.4 is 10.1 Å². The largest absolute Gasteiger partial charge is 0.484 e. The number of benzene rings is 2. The number of nitrogens with zero attached hydrogens (tertiary/aromatic N) is 3. The summed E-state index contributed by atoms with van der Waals surface area (Å²) in [7, 11) is 0. The van der Waals surface area contributed by atoms with E-state index in [1.807, 2.05) is 48.0 Å². The molecule has 1 amide bonds. The maximum Gasteiger partial charge on any atom is 0.221 e. The molecule has 4 rings (SSSR count). The van der Waals surface area contributed by atoms with Crippen LogP contribution in [0.2, 0.25) is 0 Å². The Hall–Kier alpha value is -3.19. The summed E-state index contributed by atoms with van der Waals surface area (Å²) in [6.07, 6.45) is 3.60. The summed E-state index contributed by atoms with van der Waals surface area (Å²) in [5.41, 5.74) is 1.60. The fraction of sp³-hybridized carbons (Fsp3) is 0.333. The van der Waals surface area contributed by atoms with E-state index >= 15 is 0 Å². The van der Waals surface area contributed by atoms with Crippen molar-refractivity contribution in [3.63, 3.8) is 0 Å². The van der Waals surface area contributed by atoms with Crippen LogP contribution >= 0.6 is 0 Å². The number of amides is 1. The first kappa shape index (κ1) is 21.1. The normalized spacial score (nSPS) is 16.3. The van der Waals surface area contributed by atoms with Gasteiger partial charge in [0.25, 0.3) is 0 Å². The molecule has 3 aromatic rings. The van der Waals surface area contributed by atoms with Gasteiger partial charge in [0.2, 0.25) is 5.91 Å². The van der Waals surface area contributed by atoms with Crippen LogP contribution in [0.3, 0.4) is 0 Å².